The van der Waals surface area contributed by atoms with E-state index in [1.165, 1.54) is 0 Å². The Morgan fingerprint density at radius 3 is 3.09 bits per heavy atom. The van der Waals surface area contributed by atoms with Gasteiger partial charge in [0.1, 0.15) is 11.5 Å². The molecule has 0 saturated carbocycles. The molecule has 0 aliphatic carbocycles. The van der Waals surface area contributed by atoms with Crippen molar-refractivity contribution in [2.75, 3.05) is 6.79 Å². The molecule has 0 saturated heterocycles. The molecule has 1 aromatic rings. The first-order valence-electron chi connectivity index (χ1n) is 3.58. The van der Waals surface area contributed by atoms with Crippen LogP contribution in [0.15, 0.2) is 18.2 Å². The van der Waals surface area contributed by atoms with E-state index in [0.29, 0.717) is 6.79 Å². The van der Waals surface area contributed by atoms with Crippen LogP contribution in [0.2, 0.25) is 0 Å². The fourth-order valence-electron chi connectivity index (χ4n) is 1.13. The van der Waals surface area contributed by atoms with Gasteiger partial charge in [-0.15, -0.1) is 0 Å². The highest BCUT2D eigenvalue weighted by Crippen LogP contribution is 2.28. The maximum absolute atomic E-state index is 5.24. The molecule has 2 nitrogen and oxygen atoms in total. The molecule has 2 heteroatoms. The summed E-state index contributed by atoms with van der Waals surface area (Å²) in [5.74, 6) is 1.78. The van der Waals surface area contributed by atoms with Gasteiger partial charge in [0, 0.05) is 6.07 Å². The van der Waals surface area contributed by atoms with E-state index in [1.807, 2.05) is 18.2 Å². The molecule has 2 rings (SSSR count). The summed E-state index contributed by atoms with van der Waals surface area (Å²) in [7, 11) is 0. The van der Waals surface area contributed by atoms with Crippen LogP contribution in [0, 0.1) is 6.92 Å². The maximum Gasteiger partial charge on any atom is 0.230 e. The average Bonchev–Trinajstić information content (AvgIpc) is 2.06. The van der Waals surface area contributed by atoms with Crippen LogP contribution in [0.25, 0.3) is 0 Å². The van der Waals surface area contributed by atoms with E-state index in [0.717, 1.165) is 23.5 Å². The normalized spacial score (nSPS) is 13.5. The number of fused-ring (bicyclic) bond motifs is 2. The van der Waals surface area contributed by atoms with E-state index in [1.54, 1.807) is 0 Å². The van der Waals surface area contributed by atoms with Crippen molar-refractivity contribution >= 4 is 0 Å². The van der Waals surface area contributed by atoms with Crippen LogP contribution in [0.3, 0.4) is 0 Å². The third kappa shape index (κ3) is 1.04. The highest BCUT2D eigenvalue weighted by molar-refractivity contribution is 5.42. The van der Waals surface area contributed by atoms with Crippen LogP contribution >= 0.6 is 0 Å². The van der Waals surface area contributed by atoms with Crippen molar-refractivity contribution in [1.29, 1.82) is 0 Å². The van der Waals surface area contributed by atoms with Crippen LogP contribution in [0.4, 0.5) is 0 Å². The molecule has 57 valence electrons. The minimum atomic E-state index is 0.328. The van der Waals surface area contributed by atoms with Crippen LogP contribution in [-0.2, 0) is 6.42 Å². The fraction of sp³-hybridized carbons (Fsp3) is 0.222. The largest absolute Gasteiger partial charge is 0.457 e. The lowest BCUT2D eigenvalue weighted by Crippen LogP contribution is -2.11. The lowest BCUT2D eigenvalue weighted by atomic mass is 10.1. The van der Waals surface area contributed by atoms with Crippen molar-refractivity contribution in [3.8, 4) is 11.5 Å². The summed E-state index contributed by atoms with van der Waals surface area (Å²) in [4.78, 5) is 0. The van der Waals surface area contributed by atoms with Gasteiger partial charge in [0.05, 0.1) is 0 Å². The number of ether oxygens (including phenoxy) is 2. The first-order valence-corrected chi connectivity index (χ1v) is 3.58. The monoisotopic (exact) mass is 149 g/mol. The van der Waals surface area contributed by atoms with Gasteiger partial charge in [0.25, 0.3) is 0 Å². The van der Waals surface area contributed by atoms with Crippen LogP contribution in [-0.4, -0.2) is 6.79 Å². The second-order valence-corrected chi connectivity index (χ2v) is 2.43. The van der Waals surface area contributed by atoms with E-state index in [-0.39, 0.29) is 0 Å². The van der Waals surface area contributed by atoms with Gasteiger partial charge < -0.3 is 9.47 Å². The van der Waals surface area contributed by atoms with Crippen molar-refractivity contribution in [2.45, 2.75) is 6.42 Å². The minimum absolute atomic E-state index is 0.328. The van der Waals surface area contributed by atoms with Gasteiger partial charge in [0.2, 0.25) is 6.79 Å². The Morgan fingerprint density at radius 1 is 1.36 bits per heavy atom. The van der Waals surface area contributed by atoms with Crippen molar-refractivity contribution < 1.29 is 9.47 Å². The van der Waals surface area contributed by atoms with Gasteiger partial charge in [-0.25, -0.2) is 0 Å². The minimum Gasteiger partial charge on any atom is -0.457 e. The van der Waals surface area contributed by atoms with Crippen molar-refractivity contribution in [3.63, 3.8) is 0 Å². The molecule has 1 radical (unpaired) electrons. The van der Waals surface area contributed by atoms with Gasteiger partial charge in [-0.05, 0) is 25.0 Å². The predicted molar refractivity (Wildman–Crippen MR) is 41.6 cm³/mol. The van der Waals surface area contributed by atoms with Gasteiger partial charge in [0.15, 0.2) is 0 Å². The molecule has 1 aliphatic rings. The molecule has 0 aromatic heterocycles. The smallest absolute Gasteiger partial charge is 0.230 e. The quantitative estimate of drug-likeness (QED) is 0.606. The summed E-state index contributed by atoms with van der Waals surface area (Å²) < 4.78 is 10.4. The Balaban J connectivity index is 2.46. The van der Waals surface area contributed by atoms with Crippen molar-refractivity contribution in [3.05, 3.63) is 30.7 Å². The van der Waals surface area contributed by atoms with Crippen molar-refractivity contribution in [1.82, 2.24) is 0 Å². The predicted octanol–water partition coefficient (Wildman–Crippen LogP) is 1.79. The lowest BCUT2D eigenvalue weighted by molar-refractivity contribution is 0.104. The average molecular weight is 149 g/mol. The third-order valence-corrected chi connectivity index (χ3v) is 1.75. The molecule has 0 N–H and O–H groups in total. The van der Waals surface area contributed by atoms with Gasteiger partial charge >= 0.3 is 0 Å². The molecule has 0 fully saturated rings. The molecule has 0 spiro atoms. The molecule has 0 atom stereocenters. The lowest BCUT2D eigenvalue weighted by Gasteiger charge is -2.17. The molecule has 2 bridgehead atoms. The summed E-state index contributed by atoms with van der Waals surface area (Å²) in [6, 6.07) is 5.81. The number of hydrogen-bond donors (Lipinski definition) is 0. The SMILES string of the molecule is [CH2]Cc1ccc2cc1OCO2. The Labute approximate surface area is 65.7 Å². The van der Waals surface area contributed by atoms with Gasteiger partial charge in [-0.2, -0.15) is 0 Å². The Bertz CT molecular complexity index is 268. The van der Waals surface area contributed by atoms with Crippen LogP contribution in [0.5, 0.6) is 11.5 Å². The molecule has 1 aliphatic heterocycles. The highest BCUT2D eigenvalue weighted by atomic mass is 16.7. The zero-order chi connectivity index (χ0) is 7.68. The second kappa shape index (κ2) is 2.46. The number of benzene rings is 1. The van der Waals surface area contributed by atoms with Gasteiger partial charge in [-0.3, -0.25) is 0 Å². The van der Waals surface area contributed by atoms with E-state index >= 15 is 0 Å². The number of hydrogen-bond acceptors (Lipinski definition) is 2. The first-order chi connectivity index (χ1) is 5.40. The molecule has 1 heterocycles. The van der Waals surface area contributed by atoms with Crippen LogP contribution in [0.1, 0.15) is 5.56 Å². The zero-order valence-electron chi connectivity index (χ0n) is 6.17. The van der Waals surface area contributed by atoms with Crippen molar-refractivity contribution in [2.24, 2.45) is 0 Å². The molecular formula is C9H9O2. The molecule has 1 aromatic carbocycles. The Kier molecular flexibility index (Phi) is 1.46. The third-order valence-electron chi connectivity index (χ3n) is 1.75. The molecule has 0 unspecified atom stereocenters. The van der Waals surface area contributed by atoms with E-state index in [9.17, 15) is 0 Å². The summed E-state index contributed by atoms with van der Waals surface area (Å²) in [5, 5.41) is 0. The van der Waals surface area contributed by atoms with E-state index in [2.05, 4.69) is 6.92 Å². The Morgan fingerprint density at radius 2 is 2.27 bits per heavy atom. The van der Waals surface area contributed by atoms with Crippen LogP contribution < -0.4 is 9.47 Å². The summed E-state index contributed by atoms with van der Waals surface area (Å²) in [5.41, 5.74) is 1.14. The standard InChI is InChI=1S/C9H9O2/c1-2-7-3-4-8-5-9(7)11-6-10-8/h3-5H,1-2,6H2. The highest BCUT2D eigenvalue weighted by Gasteiger charge is 2.09. The topological polar surface area (TPSA) is 18.5 Å². The molecule has 11 heavy (non-hydrogen) atoms. The maximum atomic E-state index is 5.24. The van der Waals surface area contributed by atoms with Gasteiger partial charge in [-0.1, -0.05) is 6.07 Å². The van der Waals surface area contributed by atoms with E-state index in [4.69, 9.17) is 9.47 Å². The number of rotatable bonds is 1. The summed E-state index contributed by atoms with van der Waals surface area (Å²) >= 11 is 0. The second-order valence-electron chi connectivity index (χ2n) is 2.43. The first kappa shape index (κ1) is 6.53. The molecular weight excluding hydrogens is 140 g/mol. The summed E-state index contributed by atoms with van der Waals surface area (Å²) in [6.45, 7) is 4.13. The molecule has 0 amide bonds. The summed E-state index contributed by atoms with van der Waals surface area (Å²) in [6.07, 6.45) is 0.760. The van der Waals surface area contributed by atoms with E-state index < -0.39 is 0 Å². The fourth-order valence-corrected chi connectivity index (χ4v) is 1.13. The Hall–Kier alpha value is -1.18. The zero-order valence-corrected chi connectivity index (χ0v) is 6.17.